The number of nitrogens with zero attached hydrogens (tertiary/aromatic N) is 1. The fourth-order valence-corrected chi connectivity index (χ4v) is 3.22. The van der Waals surface area contributed by atoms with E-state index in [4.69, 9.17) is 17.3 Å². The first-order valence-corrected chi connectivity index (χ1v) is 7.52. The molecule has 0 saturated carbocycles. The Kier molecular flexibility index (Phi) is 5.51. The average Bonchev–Trinajstić information content (AvgIpc) is 2.63. The molecule has 2 nitrogen and oxygen atoms in total. The molecule has 2 N–H and O–H groups in total. The number of hydrogen-bond acceptors (Lipinski definition) is 2. The van der Waals surface area contributed by atoms with Gasteiger partial charge in [-0.1, -0.05) is 41.9 Å². The van der Waals surface area contributed by atoms with Gasteiger partial charge in [-0.05, 0) is 49.1 Å². The zero-order valence-electron chi connectivity index (χ0n) is 11.9. The first kappa shape index (κ1) is 16.2. The third-order valence-corrected chi connectivity index (χ3v) is 4.18. The Hall–Kier alpha value is -1.22. The molecule has 0 unspecified atom stereocenters. The van der Waals surface area contributed by atoms with Crippen LogP contribution in [0, 0.1) is 0 Å². The maximum atomic E-state index is 6.48. The lowest BCUT2D eigenvalue weighted by Crippen LogP contribution is -2.22. The predicted molar refractivity (Wildman–Crippen MR) is 93.2 cm³/mol. The summed E-state index contributed by atoms with van der Waals surface area (Å²) < 4.78 is 0. The third kappa shape index (κ3) is 3.18. The highest BCUT2D eigenvalue weighted by Crippen LogP contribution is 2.40. The van der Waals surface area contributed by atoms with Gasteiger partial charge in [-0.3, -0.25) is 0 Å². The van der Waals surface area contributed by atoms with Crippen molar-refractivity contribution in [1.29, 1.82) is 0 Å². The molecule has 1 aliphatic rings. The summed E-state index contributed by atoms with van der Waals surface area (Å²) in [7, 11) is 0. The number of nitrogens with two attached hydrogens (primary N) is 1. The van der Waals surface area contributed by atoms with Crippen molar-refractivity contribution in [2.24, 2.45) is 5.73 Å². The standard InChI is InChI=1S/C17H19ClN2.ClH/c18-15-7-3-6-14-10-9-13-5-1-2-8-16(13)20(17(14)15)12-4-11-19;/h1-3,5-8H,4,9-12,19H2;1H. The highest BCUT2D eigenvalue weighted by Gasteiger charge is 2.21. The molecule has 0 atom stereocenters. The molecule has 0 aliphatic carbocycles. The molecule has 2 aromatic rings. The molecule has 2 aromatic carbocycles. The number of para-hydroxylation sites is 2. The van der Waals surface area contributed by atoms with E-state index < -0.39 is 0 Å². The van der Waals surface area contributed by atoms with E-state index in [1.807, 2.05) is 12.1 Å². The smallest absolute Gasteiger partial charge is 0.0645 e. The van der Waals surface area contributed by atoms with Crippen molar-refractivity contribution in [3.8, 4) is 0 Å². The van der Waals surface area contributed by atoms with E-state index in [9.17, 15) is 0 Å². The molecule has 3 rings (SSSR count). The Morgan fingerprint density at radius 3 is 2.52 bits per heavy atom. The van der Waals surface area contributed by atoms with Gasteiger partial charge in [-0.2, -0.15) is 0 Å². The fourth-order valence-electron chi connectivity index (χ4n) is 2.92. The van der Waals surface area contributed by atoms with Gasteiger partial charge in [-0.15, -0.1) is 12.4 Å². The van der Waals surface area contributed by atoms with Gasteiger partial charge in [0.2, 0.25) is 0 Å². The highest BCUT2D eigenvalue weighted by molar-refractivity contribution is 6.33. The molecule has 0 spiro atoms. The van der Waals surface area contributed by atoms with Crippen molar-refractivity contribution >= 4 is 35.4 Å². The summed E-state index contributed by atoms with van der Waals surface area (Å²) in [5.74, 6) is 0. The lowest BCUT2D eigenvalue weighted by atomic mass is 10.0. The van der Waals surface area contributed by atoms with Gasteiger partial charge in [0.15, 0.2) is 0 Å². The summed E-state index contributed by atoms with van der Waals surface area (Å²) in [6.45, 7) is 1.60. The quantitative estimate of drug-likeness (QED) is 0.910. The van der Waals surface area contributed by atoms with Crippen LogP contribution in [0.25, 0.3) is 0 Å². The van der Waals surface area contributed by atoms with Gasteiger partial charge in [0, 0.05) is 12.2 Å². The second kappa shape index (κ2) is 7.17. The Morgan fingerprint density at radius 1 is 1.00 bits per heavy atom. The Labute approximate surface area is 137 Å². The molecule has 21 heavy (non-hydrogen) atoms. The van der Waals surface area contributed by atoms with Gasteiger partial charge in [-0.25, -0.2) is 0 Å². The SMILES string of the molecule is Cl.NCCCN1c2ccccc2CCc2cccc(Cl)c21. The van der Waals surface area contributed by atoms with E-state index in [-0.39, 0.29) is 12.4 Å². The Morgan fingerprint density at radius 2 is 1.71 bits per heavy atom. The highest BCUT2D eigenvalue weighted by atomic mass is 35.5. The maximum Gasteiger partial charge on any atom is 0.0645 e. The normalized spacial score (nSPS) is 13.0. The molecule has 1 heterocycles. The van der Waals surface area contributed by atoms with Crippen molar-refractivity contribution < 1.29 is 0 Å². The van der Waals surface area contributed by atoms with Gasteiger partial charge < -0.3 is 10.6 Å². The third-order valence-electron chi connectivity index (χ3n) is 3.87. The van der Waals surface area contributed by atoms with Crippen molar-refractivity contribution in [2.45, 2.75) is 19.3 Å². The molecule has 1 aliphatic heterocycles. The Balaban J connectivity index is 0.00000161. The number of aryl methyl sites for hydroxylation is 2. The predicted octanol–water partition coefficient (Wildman–Crippen LogP) is 4.35. The fraction of sp³-hybridized carbons (Fsp3) is 0.294. The number of benzene rings is 2. The summed E-state index contributed by atoms with van der Waals surface area (Å²) in [5, 5.41) is 0.830. The molecular formula is C17H20Cl2N2. The second-order valence-corrected chi connectivity index (χ2v) is 5.58. The first-order chi connectivity index (χ1) is 9.81. The van der Waals surface area contributed by atoms with E-state index >= 15 is 0 Å². The number of anilines is 2. The zero-order valence-corrected chi connectivity index (χ0v) is 13.5. The van der Waals surface area contributed by atoms with Gasteiger partial charge in [0.25, 0.3) is 0 Å². The van der Waals surface area contributed by atoms with Crippen molar-refractivity contribution in [1.82, 2.24) is 0 Å². The van der Waals surface area contributed by atoms with Crippen LogP contribution in [-0.2, 0) is 12.8 Å². The van der Waals surface area contributed by atoms with Crippen LogP contribution in [0.15, 0.2) is 42.5 Å². The molecule has 0 amide bonds. The van der Waals surface area contributed by atoms with Gasteiger partial charge in [0.1, 0.15) is 0 Å². The lowest BCUT2D eigenvalue weighted by Gasteiger charge is -2.27. The zero-order chi connectivity index (χ0) is 13.9. The second-order valence-electron chi connectivity index (χ2n) is 5.17. The molecular weight excluding hydrogens is 303 g/mol. The Bertz CT molecular complexity index is 613. The van der Waals surface area contributed by atoms with Crippen LogP contribution in [-0.4, -0.2) is 13.1 Å². The largest absolute Gasteiger partial charge is 0.340 e. The monoisotopic (exact) mass is 322 g/mol. The molecule has 0 aromatic heterocycles. The van der Waals surface area contributed by atoms with E-state index in [1.54, 1.807) is 0 Å². The van der Waals surface area contributed by atoms with Crippen LogP contribution < -0.4 is 10.6 Å². The number of hydrogen-bond donors (Lipinski definition) is 1. The van der Waals surface area contributed by atoms with Crippen LogP contribution in [0.2, 0.25) is 5.02 Å². The van der Waals surface area contributed by atoms with Gasteiger partial charge >= 0.3 is 0 Å². The number of rotatable bonds is 3. The van der Waals surface area contributed by atoms with E-state index in [0.29, 0.717) is 6.54 Å². The summed E-state index contributed by atoms with van der Waals surface area (Å²) in [4.78, 5) is 2.34. The van der Waals surface area contributed by atoms with Crippen molar-refractivity contribution in [3.63, 3.8) is 0 Å². The minimum Gasteiger partial charge on any atom is -0.340 e. The minimum absolute atomic E-state index is 0. The van der Waals surface area contributed by atoms with Crippen LogP contribution in [0.1, 0.15) is 17.5 Å². The van der Waals surface area contributed by atoms with E-state index in [1.165, 1.54) is 16.8 Å². The van der Waals surface area contributed by atoms with Crippen LogP contribution >= 0.6 is 24.0 Å². The van der Waals surface area contributed by atoms with Crippen molar-refractivity contribution in [2.75, 3.05) is 18.0 Å². The number of fused-ring (bicyclic) bond motifs is 2. The molecule has 0 radical (unpaired) electrons. The van der Waals surface area contributed by atoms with Crippen molar-refractivity contribution in [3.05, 3.63) is 58.6 Å². The lowest BCUT2D eigenvalue weighted by molar-refractivity contribution is 0.816. The summed E-state index contributed by atoms with van der Waals surface area (Å²) in [5.41, 5.74) is 10.8. The van der Waals surface area contributed by atoms with E-state index in [2.05, 4.69) is 35.2 Å². The van der Waals surface area contributed by atoms with Gasteiger partial charge in [0.05, 0.1) is 10.7 Å². The minimum atomic E-state index is 0. The molecule has 112 valence electrons. The molecule has 0 saturated heterocycles. The topological polar surface area (TPSA) is 29.3 Å². The summed E-state index contributed by atoms with van der Waals surface area (Å²) >= 11 is 6.48. The number of halogens is 2. The first-order valence-electron chi connectivity index (χ1n) is 7.14. The molecule has 4 heteroatoms. The maximum absolute atomic E-state index is 6.48. The summed E-state index contributed by atoms with van der Waals surface area (Å²) in [6, 6.07) is 14.8. The summed E-state index contributed by atoms with van der Waals surface area (Å²) in [6.07, 6.45) is 3.05. The molecule has 0 bridgehead atoms. The van der Waals surface area contributed by atoms with E-state index in [0.717, 1.165) is 36.5 Å². The van der Waals surface area contributed by atoms with Crippen LogP contribution in [0.4, 0.5) is 11.4 Å². The van der Waals surface area contributed by atoms with Crippen LogP contribution in [0.5, 0.6) is 0 Å². The molecule has 0 fully saturated rings. The average molecular weight is 323 g/mol. The van der Waals surface area contributed by atoms with Crippen LogP contribution in [0.3, 0.4) is 0 Å².